The van der Waals surface area contributed by atoms with Crippen molar-refractivity contribution in [3.05, 3.63) is 62.8 Å². The molecular formula is C22H18F3N3O4. The van der Waals surface area contributed by atoms with E-state index in [1.807, 2.05) is 0 Å². The summed E-state index contributed by atoms with van der Waals surface area (Å²) in [6.45, 7) is -0.262. The fraction of sp³-hybridized carbons (Fsp3) is 0.409. The number of rotatable bonds is 3. The molecule has 0 spiro atoms. The van der Waals surface area contributed by atoms with Gasteiger partial charge in [0.25, 0.3) is 11.8 Å². The van der Waals surface area contributed by atoms with E-state index in [-0.39, 0.29) is 17.8 Å². The average molecular weight is 445 g/mol. The maximum Gasteiger partial charge on any atom is 0.275 e. The Morgan fingerprint density at radius 1 is 1.06 bits per heavy atom. The van der Waals surface area contributed by atoms with Crippen molar-refractivity contribution in [1.29, 1.82) is 0 Å². The molecule has 2 aromatic rings. The topological polar surface area (TPSA) is 91.6 Å². The van der Waals surface area contributed by atoms with Crippen LogP contribution in [-0.4, -0.2) is 38.5 Å². The van der Waals surface area contributed by atoms with E-state index < -0.39 is 58.1 Å². The van der Waals surface area contributed by atoms with Crippen LogP contribution in [0.3, 0.4) is 0 Å². The summed E-state index contributed by atoms with van der Waals surface area (Å²) in [7, 11) is 0. The lowest BCUT2D eigenvalue weighted by Gasteiger charge is -2.40. The number of pyridine rings is 1. The van der Waals surface area contributed by atoms with Crippen molar-refractivity contribution in [2.24, 2.45) is 17.8 Å². The van der Waals surface area contributed by atoms with Gasteiger partial charge in [-0.25, -0.2) is 13.2 Å². The number of nitrogens with zero attached hydrogens (tertiary/aromatic N) is 2. The summed E-state index contributed by atoms with van der Waals surface area (Å²) in [6, 6.07) is 1.08. The first-order valence-corrected chi connectivity index (χ1v) is 10.5. The van der Waals surface area contributed by atoms with Gasteiger partial charge in [-0.15, -0.1) is 0 Å². The van der Waals surface area contributed by atoms with E-state index in [0.717, 1.165) is 12.8 Å². The van der Waals surface area contributed by atoms with E-state index >= 15 is 0 Å². The zero-order chi connectivity index (χ0) is 22.5. The van der Waals surface area contributed by atoms with Crippen molar-refractivity contribution >= 4 is 11.8 Å². The number of nitrogens with one attached hydrogen (secondary N) is 1. The number of carbonyl (C=O) groups is 2. The minimum Gasteiger partial charge on any atom is -0.503 e. The van der Waals surface area contributed by atoms with Crippen molar-refractivity contribution in [3.8, 4) is 5.75 Å². The molecule has 1 saturated heterocycles. The van der Waals surface area contributed by atoms with Gasteiger partial charge in [0.1, 0.15) is 23.0 Å². The number of carbonyl (C=O) groups excluding carboxylic acids is 2. The van der Waals surface area contributed by atoms with Crippen LogP contribution in [0.1, 0.15) is 39.3 Å². The Morgan fingerprint density at radius 2 is 1.75 bits per heavy atom. The van der Waals surface area contributed by atoms with Gasteiger partial charge in [0.15, 0.2) is 11.4 Å². The number of amides is 2. The number of fused-ring (bicyclic) bond motifs is 9. The third-order valence-electron chi connectivity index (χ3n) is 7.51. The van der Waals surface area contributed by atoms with Crippen LogP contribution in [0.25, 0.3) is 0 Å². The third kappa shape index (κ3) is 2.52. The average Bonchev–Trinajstić information content (AvgIpc) is 3.34. The smallest absolute Gasteiger partial charge is 0.275 e. The van der Waals surface area contributed by atoms with Crippen LogP contribution in [0.4, 0.5) is 13.2 Å². The minimum absolute atomic E-state index is 0.0380. The lowest BCUT2D eigenvalue weighted by atomic mass is 9.94. The summed E-state index contributed by atoms with van der Waals surface area (Å²) in [6.07, 6.45) is 3.24. The standard InChI is InChI=1S/C22H18F3N3O4/c23-8-1-14(24)12(15(25)2-8)5-26-21(31)13-6-27-7-17-11-4-16(10-3-9(10)11)28(17)22(32)18(27)20(30)19(13)29/h1-2,6,9-11,16-17,30H,3-5,7H2,(H,26,31)/t9-,10+,11?,16+,17-/m1/s1. The number of benzene rings is 1. The number of piperidine rings is 1. The van der Waals surface area contributed by atoms with Gasteiger partial charge in [0, 0.05) is 43.0 Å². The number of aromatic nitrogens is 1. The van der Waals surface area contributed by atoms with Gasteiger partial charge in [0.2, 0.25) is 5.43 Å². The molecule has 3 fully saturated rings. The summed E-state index contributed by atoms with van der Waals surface area (Å²) in [4.78, 5) is 40.2. The quantitative estimate of drug-likeness (QED) is 0.754. The molecule has 4 aliphatic rings. The van der Waals surface area contributed by atoms with Crippen LogP contribution in [0.15, 0.2) is 23.1 Å². The van der Waals surface area contributed by atoms with Crippen LogP contribution in [-0.2, 0) is 13.1 Å². The molecule has 166 valence electrons. The minimum atomic E-state index is -1.17. The molecule has 1 unspecified atom stereocenters. The summed E-state index contributed by atoms with van der Waals surface area (Å²) >= 11 is 0. The van der Waals surface area contributed by atoms with Crippen LogP contribution in [0, 0.1) is 35.2 Å². The Bertz CT molecular complexity index is 1250. The second kappa shape index (κ2) is 6.36. The van der Waals surface area contributed by atoms with Gasteiger partial charge in [-0.1, -0.05) is 0 Å². The molecule has 2 amide bonds. The van der Waals surface area contributed by atoms with Gasteiger partial charge in [0.05, 0.1) is 6.04 Å². The molecule has 2 bridgehead atoms. The zero-order valence-electron chi connectivity index (χ0n) is 16.6. The van der Waals surface area contributed by atoms with Gasteiger partial charge in [-0.3, -0.25) is 14.4 Å². The highest BCUT2D eigenvalue weighted by atomic mass is 19.1. The molecule has 32 heavy (non-hydrogen) atoms. The summed E-state index contributed by atoms with van der Waals surface area (Å²) < 4.78 is 42.2. The number of hydrogen-bond donors (Lipinski definition) is 2. The maximum atomic E-state index is 13.8. The molecule has 2 saturated carbocycles. The lowest BCUT2D eigenvalue weighted by molar-refractivity contribution is 0.0465. The van der Waals surface area contributed by atoms with Crippen molar-refractivity contribution in [1.82, 2.24) is 14.8 Å². The van der Waals surface area contributed by atoms with Crippen molar-refractivity contribution in [2.75, 3.05) is 0 Å². The fourth-order valence-corrected chi connectivity index (χ4v) is 6.05. The highest BCUT2D eigenvalue weighted by molar-refractivity contribution is 5.99. The Kier molecular flexibility index (Phi) is 3.86. The number of halogens is 3. The van der Waals surface area contributed by atoms with Crippen LogP contribution >= 0.6 is 0 Å². The van der Waals surface area contributed by atoms with Crippen LogP contribution < -0.4 is 10.7 Å². The first-order chi connectivity index (χ1) is 15.3. The Labute approximate surface area is 179 Å². The molecule has 1 aromatic carbocycles. The van der Waals surface area contributed by atoms with Crippen molar-refractivity contribution in [2.45, 2.75) is 38.0 Å². The van der Waals surface area contributed by atoms with Crippen LogP contribution in [0.5, 0.6) is 5.75 Å². The van der Waals surface area contributed by atoms with E-state index in [4.69, 9.17) is 0 Å². The summed E-state index contributed by atoms with van der Waals surface area (Å²) in [5, 5.41) is 12.7. The van der Waals surface area contributed by atoms with E-state index in [1.54, 1.807) is 4.90 Å². The van der Waals surface area contributed by atoms with E-state index in [2.05, 4.69) is 5.32 Å². The third-order valence-corrected chi connectivity index (χ3v) is 7.51. The first kappa shape index (κ1) is 19.4. The molecule has 6 rings (SSSR count). The van der Waals surface area contributed by atoms with E-state index in [1.165, 1.54) is 10.8 Å². The fourth-order valence-electron chi connectivity index (χ4n) is 6.05. The second-order valence-electron chi connectivity index (χ2n) is 9.06. The monoisotopic (exact) mass is 445 g/mol. The highest BCUT2D eigenvalue weighted by Gasteiger charge is 2.66. The zero-order valence-corrected chi connectivity index (χ0v) is 16.6. The first-order valence-electron chi connectivity index (χ1n) is 10.5. The molecule has 0 radical (unpaired) electrons. The maximum absolute atomic E-state index is 13.8. The Morgan fingerprint density at radius 3 is 2.47 bits per heavy atom. The van der Waals surface area contributed by atoms with Crippen molar-refractivity contribution in [3.63, 3.8) is 0 Å². The predicted octanol–water partition coefficient (Wildman–Crippen LogP) is 1.76. The Hall–Kier alpha value is -3.30. The Balaban J connectivity index is 1.30. The van der Waals surface area contributed by atoms with Crippen molar-refractivity contribution < 1.29 is 27.9 Å². The second-order valence-corrected chi connectivity index (χ2v) is 9.06. The van der Waals surface area contributed by atoms with Gasteiger partial charge >= 0.3 is 0 Å². The lowest BCUT2D eigenvalue weighted by Crippen LogP contribution is -2.53. The van der Waals surface area contributed by atoms with Gasteiger partial charge < -0.3 is 19.9 Å². The SMILES string of the molecule is O=C(NCc1c(F)cc(F)cc1F)c1cn2c(c(O)c1=O)C(=O)N1[C@H](C2)C2C[C@H]1[C@H]1C[C@@H]21. The van der Waals surface area contributed by atoms with Gasteiger partial charge in [-0.2, -0.15) is 0 Å². The molecule has 1 aromatic heterocycles. The normalized spacial score (nSPS) is 28.9. The summed E-state index contributed by atoms with van der Waals surface area (Å²) in [5.41, 5.74) is -2.17. The molecule has 5 atom stereocenters. The molecule has 10 heteroatoms. The highest BCUT2D eigenvalue weighted by Crippen LogP contribution is 2.64. The summed E-state index contributed by atoms with van der Waals surface area (Å²) in [5.74, 6) is -4.11. The van der Waals surface area contributed by atoms with E-state index in [0.29, 0.717) is 36.4 Å². The molecule has 3 heterocycles. The molecule has 2 aliphatic heterocycles. The van der Waals surface area contributed by atoms with Crippen LogP contribution in [0.2, 0.25) is 0 Å². The van der Waals surface area contributed by atoms with E-state index in [9.17, 15) is 32.7 Å². The molecule has 2 aliphatic carbocycles. The number of aromatic hydroxyl groups is 1. The van der Waals surface area contributed by atoms with Gasteiger partial charge in [-0.05, 0) is 30.6 Å². The molecule has 7 nitrogen and oxygen atoms in total. The number of hydrogen-bond acceptors (Lipinski definition) is 4. The largest absolute Gasteiger partial charge is 0.503 e. The predicted molar refractivity (Wildman–Crippen MR) is 103 cm³/mol. The molecule has 2 N–H and O–H groups in total. The molecular weight excluding hydrogens is 427 g/mol.